The van der Waals surface area contributed by atoms with Crippen LogP contribution in [0.1, 0.15) is 65.2 Å². The first-order valence-electron chi connectivity index (χ1n) is 8.86. The molecule has 0 N–H and O–H groups in total. The van der Waals surface area contributed by atoms with E-state index in [-0.39, 0.29) is 11.5 Å². The molecule has 0 aromatic rings. The van der Waals surface area contributed by atoms with Gasteiger partial charge in [-0.1, -0.05) is 52.4 Å². The highest BCUT2D eigenvalue weighted by atomic mass is 32.2. The average molecular weight is 385 g/mol. The van der Waals surface area contributed by atoms with Crippen molar-refractivity contribution >= 4 is 31.4 Å². The van der Waals surface area contributed by atoms with Gasteiger partial charge in [-0.15, -0.1) is 0 Å². The molecule has 1 rings (SSSR count). The zero-order chi connectivity index (χ0) is 17.3. The van der Waals surface area contributed by atoms with Crippen LogP contribution in [0.3, 0.4) is 0 Å². The molecule has 0 amide bonds. The molecule has 4 atom stereocenters. The Morgan fingerprint density at radius 2 is 1.13 bits per heavy atom. The maximum atomic E-state index is 12.5. The predicted molar refractivity (Wildman–Crippen MR) is 101 cm³/mol. The first kappa shape index (κ1) is 21.3. The zero-order valence-corrected chi connectivity index (χ0v) is 16.9. The number of rotatable bonds is 12. The van der Waals surface area contributed by atoms with Gasteiger partial charge in [0, 0.05) is 33.1 Å². The Hall–Kier alpha value is 0.250. The fraction of sp³-hybridized carbons (Fsp3) is 1.00. The van der Waals surface area contributed by atoms with E-state index in [1.165, 1.54) is 0 Å². The number of sulfone groups is 1. The molecule has 0 aromatic heterocycles. The van der Waals surface area contributed by atoms with Gasteiger partial charge in [0.05, 0.1) is 22.0 Å². The number of hydrogen-bond acceptors (Lipinski definition) is 4. The average Bonchev–Trinajstić information content (AvgIpc) is 2.84. The molecule has 0 aliphatic carbocycles. The molecule has 2 unspecified atom stereocenters. The molecule has 7 heteroatoms. The summed E-state index contributed by atoms with van der Waals surface area (Å²) in [6.45, 7) is 4.25. The molecule has 0 aromatic carbocycles. The third kappa shape index (κ3) is 7.78. The third-order valence-corrected chi connectivity index (χ3v) is 10.4. The standard InChI is InChI=1S/C16H32O4S3/c1-3-5-7-9-11-21(17)15-13-23(19,20)14-16(15)22(18)12-10-8-6-4-2/h15-16H,3-14H2,1-2H3/t15-,16-,21?,22?/m0/s1. The van der Waals surface area contributed by atoms with E-state index in [4.69, 9.17) is 0 Å². The van der Waals surface area contributed by atoms with Gasteiger partial charge in [0.2, 0.25) is 0 Å². The van der Waals surface area contributed by atoms with Gasteiger partial charge in [-0.2, -0.15) is 0 Å². The number of hydrogen-bond donors (Lipinski definition) is 0. The summed E-state index contributed by atoms with van der Waals surface area (Å²) < 4.78 is 48.9. The summed E-state index contributed by atoms with van der Waals surface area (Å²) in [7, 11) is -5.55. The number of unbranched alkanes of at least 4 members (excludes halogenated alkanes) is 6. The van der Waals surface area contributed by atoms with Gasteiger partial charge in [-0.3, -0.25) is 8.42 Å². The van der Waals surface area contributed by atoms with E-state index in [9.17, 15) is 16.8 Å². The van der Waals surface area contributed by atoms with Crippen LogP contribution in [0.2, 0.25) is 0 Å². The van der Waals surface area contributed by atoms with Gasteiger partial charge in [0.15, 0.2) is 9.84 Å². The molecule has 1 aliphatic rings. The lowest BCUT2D eigenvalue weighted by molar-refractivity contribution is 0.602. The molecule has 4 nitrogen and oxygen atoms in total. The molecule has 0 radical (unpaired) electrons. The van der Waals surface area contributed by atoms with Gasteiger partial charge >= 0.3 is 0 Å². The highest BCUT2D eigenvalue weighted by molar-refractivity contribution is 7.97. The van der Waals surface area contributed by atoms with E-state index in [2.05, 4.69) is 13.8 Å². The van der Waals surface area contributed by atoms with E-state index in [0.717, 1.165) is 51.4 Å². The summed E-state index contributed by atoms with van der Waals surface area (Å²) in [6.07, 6.45) is 8.28. The van der Waals surface area contributed by atoms with Crippen molar-refractivity contribution in [1.29, 1.82) is 0 Å². The maximum Gasteiger partial charge on any atom is 0.152 e. The molecule has 1 aliphatic heterocycles. The summed E-state index contributed by atoms with van der Waals surface area (Å²) in [6, 6.07) is 0. The lowest BCUT2D eigenvalue weighted by Crippen LogP contribution is -2.34. The maximum absolute atomic E-state index is 12.5. The van der Waals surface area contributed by atoms with Crippen LogP contribution in [0.4, 0.5) is 0 Å². The topological polar surface area (TPSA) is 68.3 Å². The lowest BCUT2D eigenvalue weighted by atomic mass is 10.2. The molecule has 0 bridgehead atoms. The van der Waals surface area contributed by atoms with Crippen LogP contribution in [0.5, 0.6) is 0 Å². The molecule has 0 spiro atoms. The van der Waals surface area contributed by atoms with E-state index in [1.807, 2.05) is 0 Å². The molecule has 0 saturated carbocycles. The quantitative estimate of drug-likeness (QED) is 0.485. The second kappa shape index (κ2) is 11.0. The summed E-state index contributed by atoms with van der Waals surface area (Å²) in [5.41, 5.74) is 0. The van der Waals surface area contributed by atoms with Crippen molar-refractivity contribution in [3.63, 3.8) is 0 Å². The van der Waals surface area contributed by atoms with E-state index in [0.29, 0.717) is 11.5 Å². The first-order chi connectivity index (χ1) is 10.9. The van der Waals surface area contributed by atoms with Crippen LogP contribution < -0.4 is 0 Å². The molecular formula is C16H32O4S3. The minimum atomic E-state index is -3.19. The Bertz CT molecular complexity index is 450. The molecule has 138 valence electrons. The second-order valence-electron chi connectivity index (χ2n) is 6.44. The Balaban J connectivity index is 2.56. The highest BCUT2D eigenvalue weighted by Crippen LogP contribution is 2.24. The zero-order valence-electron chi connectivity index (χ0n) is 14.5. The van der Waals surface area contributed by atoms with Crippen LogP contribution in [0.25, 0.3) is 0 Å². The minimum absolute atomic E-state index is 0.0429. The van der Waals surface area contributed by atoms with Crippen molar-refractivity contribution < 1.29 is 16.8 Å². The molecule has 23 heavy (non-hydrogen) atoms. The van der Waals surface area contributed by atoms with Crippen LogP contribution in [0.15, 0.2) is 0 Å². The van der Waals surface area contributed by atoms with Crippen molar-refractivity contribution in [3.05, 3.63) is 0 Å². The molecular weight excluding hydrogens is 352 g/mol. The minimum Gasteiger partial charge on any atom is -0.259 e. The molecule has 1 heterocycles. The van der Waals surface area contributed by atoms with Crippen LogP contribution >= 0.6 is 0 Å². The van der Waals surface area contributed by atoms with Crippen molar-refractivity contribution in [1.82, 2.24) is 0 Å². The third-order valence-electron chi connectivity index (χ3n) is 4.32. The fourth-order valence-electron chi connectivity index (χ4n) is 2.92. The Kier molecular flexibility index (Phi) is 10.2. The van der Waals surface area contributed by atoms with Gasteiger partial charge < -0.3 is 0 Å². The van der Waals surface area contributed by atoms with Crippen LogP contribution in [-0.2, 0) is 31.4 Å². The second-order valence-corrected chi connectivity index (χ2v) is 12.1. The van der Waals surface area contributed by atoms with Crippen molar-refractivity contribution in [2.45, 2.75) is 75.7 Å². The Morgan fingerprint density at radius 3 is 1.48 bits per heavy atom. The highest BCUT2D eigenvalue weighted by Gasteiger charge is 2.43. The monoisotopic (exact) mass is 384 g/mol. The smallest absolute Gasteiger partial charge is 0.152 e. The van der Waals surface area contributed by atoms with E-state index in [1.54, 1.807) is 0 Å². The first-order valence-corrected chi connectivity index (χ1v) is 13.4. The Morgan fingerprint density at radius 1 is 0.739 bits per heavy atom. The predicted octanol–water partition coefficient (Wildman–Crippen LogP) is 2.81. The summed E-state index contributed by atoms with van der Waals surface area (Å²) >= 11 is 0. The normalized spacial score (nSPS) is 26.2. The van der Waals surface area contributed by atoms with Crippen molar-refractivity contribution in [3.8, 4) is 0 Å². The lowest BCUT2D eigenvalue weighted by Gasteiger charge is -2.17. The fourth-order valence-corrected chi connectivity index (χ4v) is 10.4. The van der Waals surface area contributed by atoms with Crippen LogP contribution in [-0.4, -0.2) is 50.3 Å². The largest absolute Gasteiger partial charge is 0.259 e. The van der Waals surface area contributed by atoms with E-state index < -0.39 is 41.9 Å². The van der Waals surface area contributed by atoms with Crippen molar-refractivity contribution in [2.24, 2.45) is 0 Å². The SMILES string of the molecule is CCCCCCS(=O)[C@H]1CS(=O)(=O)C[C@@H]1S(=O)CCCCCC. The molecule has 1 fully saturated rings. The summed E-state index contributed by atoms with van der Waals surface area (Å²) in [5, 5.41) is -0.845. The van der Waals surface area contributed by atoms with Gasteiger partial charge in [-0.25, -0.2) is 8.42 Å². The van der Waals surface area contributed by atoms with Gasteiger partial charge in [0.1, 0.15) is 0 Å². The van der Waals surface area contributed by atoms with Gasteiger partial charge in [-0.05, 0) is 12.8 Å². The molecule has 1 saturated heterocycles. The summed E-state index contributed by atoms with van der Waals surface area (Å²) in [4.78, 5) is 0. The van der Waals surface area contributed by atoms with Crippen molar-refractivity contribution in [2.75, 3.05) is 23.0 Å². The van der Waals surface area contributed by atoms with Gasteiger partial charge in [0.25, 0.3) is 0 Å². The Labute approximate surface area is 147 Å². The van der Waals surface area contributed by atoms with E-state index >= 15 is 0 Å². The van der Waals surface area contributed by atoms with Crippen LogP contribution in [0, 0.1) is 0 Å². The summed E-state index contributed by atoms with van der Waals surface area (Å²) in [5.74, 6) is 1.00.